The van der Waals surface area contributed by atoms with Crippen molar-refractivity contribution >= 4 is 35.1 Å². The number of amides is 1. The fourth-order valence-corrected chi connectivity index (χ4v) is 5.81. The first-order chi connectivity index (χ1) is 15.2. The van der Waals surface area contributed by atoms with E-state index in [1.807, 2.05) is 53.9 Å². The van der Waals surface area contributed by atoms with Crippen molar-refractivity contribution in [1.82, 2.24) is 4.98 Å². The Bertz CT molecular complexity index is 1010. The largest absolute Gasteiger partial charge is 0.493 e. The number of benzene rings is 2. The van der Waals surface area contributed by atoms with Crippen LogP contribution in [0.15, 0.2) is 66.9 Å². The van der Waals surface area contributed by atoms with Gasteiger partial charge in [0.25, 0.3) is 5.91 Å². The first-order valence-electron chi connectivity index (χ1n) is 9.74. The van der Waals surface area contributed by atoms with Crippen LogP contribution in [0.5, 0.6) is 23.1 Å². The lowest BCUT2D eigenvalue weighted by molar-refractivity contribution is -0.118. The van der Waals surface area contributed by atoms with Gasteiger partial charge in [-0.15, -0.1) is 23.5 Å². The van der Waals surface area contributed by atoms with Crippen LogP contribution in [0, 0.1) is 0 Å². The summed E-state index contributed by atoms with van der Waals surface area (Å²) in [6.07, 6.45) is 1.54. The van der Waals surface area contributed by atoms with Crippen LogP contribution in [0.2, 0.25) is 0 Å². The van der Waals surface area contributed by atoms with Crippen LogP contribution >= 0.6 is 23.5 Å². The second-order valence-electron chi connectivity index (χ2n) is 6.62. The van der Waals surface area contributed by atoms with Gasteiger partial charge in [0.2, 0.25) is 5.88 Å². The third-order valence-corrected chi connectivity index (χ3v) is 7.55. The molecule has 0 unspecified atom stereocenters. The second kappa shape index (κ2) is 10.5. The van der Waals surface area contributed by atoms with Crippen LogP contribution in [0.4, 0.5) is 5.69 Å². The maximum Gasteiger partial charge on any atom is 0.262 e. The van der Waals surface area contributed by atoms with Gasteiger partial charge >= 0.3 is 0 Å². The first kappa shape index (κ1) is 21.4. The number of anilines is 1. The molecular weight excluding hydrogens is 432 g/mol. The zero-order chi connectivity index (χ0) is 21.5. The van der Waals surface area contributed by atoms with Crippen molar-refractivity contribution in [1.29, 1.82) is 0 Å². The fourth-order valence-electron chi connectivity index (χ4n) is 2.95. The molecule has 0 atom stereocenters. The predicted octanol–water partition coefficient (Wildman–Crippen LogP) is 5.38. The number of para-hydroxylation sites is 2. The van der Waals surface area contributed by atoms with Crippen LogP contribution in [0.3, 0.4) is 0 Å². The van der Waals surface area contributed by atoms with Crippen molar-refractivity contribution in [3.8, 4) is 23.1 Å². The second-order valence-corrected chi connectivity index (χ2v) is 9.34. The summed E-state index contributed by atoms with van der Waals surface area (Å²) in [5.41, 5.74) is 1.84. The van der Waals surface area contributed by atoms with Gasteiger partial charge in [-0.25, -0.2) is 4.98 Å². The minimum atomic E-state index is -0.258. The topological polar surface area (TPSA) is 69.7 Å². The fraction of sp³-hybridized carbons (Fsp3) is 0.217. The van der Waals surface area contributed by atoms with Crippen LogP contribution in [0.25, 0.3) is 0 Å². The molecule has 0 bridgehead atoms. The lowest BCUT2D eigenvalue weighted by Gasteiger charge is -2.11. The van der Waals surface area contributed by atoms with Gasteiger partial charge in [0.15, 0.2) is 18.1 Å². The van der Waals surface area contributed by atoms with E-state index in [-0.39, 0.29) is 12.5 Å². The number of carbonyl (C=O) groups is 1. The van der Waals surface area contributed by atoms with E-state index in [0.29, 0.717) is 33.4 Å². The predicted molar refractivity (Wildman–Crippen MR) is 126 cm³/mol. The van der Waals surface area contributed by atoms with Crippen molar-refractivity contribution < 1.29 is 19.0 Å². The summed E-state index contributed by atoms with van der Waals surface area (Å²) >= 11 is 3.92. The third kappa shape index (κ3) is 5.86. The zero-order valence-corrected chi connectivity index (χ0v) is 18.6. The highest BCUT2D eigenvalue weighted by Crippen LogP contribution is 2.45. The number of aromatic nitrogens is 1. The minimum Gasteiger partial charge on any atom is -0.493 e. The van der Waals surface area contributed by atoms with E-state index in [1.165, 1.54) is 23.3 Å². The van der Waals surface area contributed by atoms with Crippen molar-refractivity contribution in [2.24, 2.45) is 0 Å². The molecule has 1 aliphatic heterocycles. The van der Waals surface area contributed by atoms with Crippen LogP contribution in [-0.2, 0) is 4.79 Å². The zero-order valence-electron chi connectivity index (χ0n) is 16.9. The highest BCUT2D eigenvalue weighted by molar-refractivity contribution is 8.19. The maximum atomic E-state index is 12.2. The van der Waals surface area contributed by atoms with E-state index in [4.69, 9.17) is 14.2 Å². The molecule has 1 fully saturated rings. The highest BCUT2D eigenvalue weighted by Gasteiger charge is 2.18. The quantitative estimate of drug-likeness (QED) is 0.490. The Kier molecular flexibility index (Phi) is 7.22. The molecule has 1 amide bonds. The molecule has 1 saturated heterocycles. The van der Waals surface area contributed by atoms with Gasteiger partial charge in [-0.1, -0.05) is 24.3 Å². The van der Waals surface area contributed by atoms with Gasteiger partial charge in [-0.05, 0) is 35.9 Å². The molecule has 160 valence electrons. The molecule has 6 nitrogen and oxygen atoms in total. The molecule has 1 aliphatic rings. The lowest BCUT2D eigenvalue weighted by atomic mass is 10.2. The number of rotatable bonds is 8. The van der Waals surface area contributed by atoms with Gasteiger partial charge in [0.1, 0.15) is 5.75 Å². The van der Waals surface area contributed by atoms with E-state index in [2.05, 4.69) is 22.4 Å². The van der Waals surface area contributed by atoms with E-state index in [1.54, 1.807) is 25.3 Å². The molecule has 4 rings (SSSR count). The summed E-state index contributed by atoms with van der Waals surface area (Å²) in [6, 6.07) is 18.7. The Morgan fingerprint density at radius 2 is 1.77 bits per heavy atom. The van der Waals surface area contributed by atoms with Crippen LogP contribution in [0.1, 0.15) is 10.1 Å². The Morgan fingerprint density at radius 1 is 1.03 bits per heavy atom. The maximum absolute atomic E-state index is 12.2. The Hall–Kier alpha value is -2.84. The van der Waals surface area contributed by atoms with Crippen molar-refractivity contribution in [3.05, 3.63) is 72.4 Å². The Labute approximate surface area is 189 Å². The molecule has 1 aromatic heterocycles. The minimum absolute atomic E-state index is 0.0776. The molecule has 3 aromatic rings. The van der Waals surface area contributed by atoms with Gasteiger partial charge in [-0.3, -0.25) is 4.79 Å². The molecule has 2 heterocycles. The summed E-state index contributed by atoms with van der Waals surface area (Å²) in [5, 5.41) is 2.77. The molecule has 1 N–H and O–H groups in total. The summed E-state index contributed by atoms with van der Waals surface area (Å²) in [7, 11) is 1.58. The average molecular weight is 455 g/mol. The molecule has 0 aliphatic carbocycles. The number of methoxy groups -OCH3 is 1. The Morgan fingerprint density at radius 3 is 2.45 bits per heavy atom. The van der Waals surface area contributed by atoms with E-state index < -0.39 is 0 Å². The molecule has 2 aromatic carbocycles. The number of ether oxygens (including phenoxy) is 3. The van der Waals surface area contributed by atoms with E-state index in [9.17, 15) is 4.79 Å². The van der Waals surface area contributed by atoms with Crippen molar-refractivity contribution in [2.45, 2.75) is 4.58 Å². The third-order valence-electron chi connectivity index (χ3n) is 4.45. The molecule has 0 radical (unpaired) electrons. The Balaban J connectivity index is 1.26. The van der Waals surface area contributed by atoms with Gasteiger partial charge < -0.3 is 19.5 Å². The molecule has 0 saturated carbocycles. The number of hydrogen-bond acceptors (Lipinski definition) is 7. The summed E-state index contributed by atoms with van der Waals surface area (Å²) in [6.45, 7) is -0.0776. The summed E-state index contributed by atoms with van der Waals surface area (Å²) in [5.74, 6) is 4.38. The highest BCUT2D eigenvalue weighted by atomic mass is 32.2. The number of carbonyl (C=O) groups excluding carboxylic acids is 1. The van der Waals surface area contributed by atoms with Gasteiger partial charge in [0.05, 0.1) is 23.6 Å². The van der Waals surface area contributed by atoms with Crippen LogP contribution < -0.4 is 19.5 Å². The smallest absolute Gasteiger partial charge is 0.262 e. The number of nitrogens with one attached hydrogen (secondary N) is 1. The van der Waals surface area contributed by atoms with Crippen molar-refractivity contribution in [3.63, 3.8) is 0 Å². The van der Waals surface area contributed by atoms with Gasteiger partial charge in [-0.2, -0.15) is 0 Å². The van der Waals surface area contributed by atoms with E-state index >= 15 is 0 Å². The van der Waals surface area contributed by atoms with Gasteiger partial charge in [0, 0.05) is 17.6 Å². The van der Waals surface area contributed by atoms with Crippen LogP contribution in [-0.4, -0.2) is 36.1 Å². The van der Waals surface area contributed by atoms with Crippen molar-refractivity contribution in [2.75, 3.05) is 30.5 Å². The monoisotopic (exact) mass is 454 g/mol. The molecule has 31 heavy (non-hydrogen) atoms. The number of thioether (sulfide) groups is 2. The number of pyridine rings is 1. The normalized spacial score (nSPS) is 13.6. The first-order valence-corrected chi connectivity index (χ1v) is 11.8. The standard InChI is InChI=1S/C23H22N2O4S2/c1-27-19-4-2-3-5-20(19)29-22-11-8-17(14-24-22)25-21(26)15-28-18-9-6-16(7-10-18)23-30-12-13-31-23/h2-11,14,23H,12-13,15H2,1H3,(H,25,26). The molecule has 0 spiro atoms. The lowest BCUT2D eigenvalue weighted by Crippen LogP contribution is -2.20. The molecular formula is C23H22N2O4S2. The number of hydrogen-bond donors (Lipinski definition) is 1. The summed E-state index contributed by atoms with van der Waals surface area (Å²) in [4.78, 5) is 16.4. The summed E-state index contributed by atoms with van der Waals surface area (Å²) < 4.78 is 17.1. The van der Waals surface area contributed by atoms with E-state index in [0.717, 1.165) is 0 Å². The average Bonchev–Trinajstić information content (AvgIpc) is 3.35. The SMILES string of the molecule is COc1ccccc1Oc1ccc(NC(=O)COc2ccc(C3SCCS3)cc2)cn1. The molecule has 8 heteroatoms. The number of nitrogens with zero attached hydrogens (tertiary/aromatic N) is 1.